The van der Waals surface area contributed by atoms with Crippen LogP contribution in [-0.2, 0) is 4.79 Å². The van der Waals surface area contributed by atoms with Gasteiger partial charge in [-0.1, -0.05) is 74.9 Å². The molecule has 2 aliphatic rings. The topological polar surface area (TPSA) is 30.2 Å². The lowest BCUT2D eigenvalue weighted by atomic mass is 9.48. The van der Waals surface area contributed by atoms with Crippen molar-refractivity contribution in [3.8, 4) is 0 Å². The molecule has 2 aliphatic carbocycles. The molecule has 4 rings (SSSR count). The molecular weight excluding hydrogens is 388 g/mol. The molecule has 0 radical (unpaired) electrons. The summed E-state index contributed by atoms with van der Waals surface area (Å²) in [5, 5.41) is 0.916. The summed E-state index contributed by atoms with van der Waals surface area (Å²) in [6.07, 6.45) is 11.6. The molecule has 30 heavy (non-hydrogen) atoms. The zero-order chi connectivity index (χ0) is 21.5. The lowest BCUT2D eigenvalue weighted by Gasteiger charge is -2.55. The van der Waals surface area contributed by atoms with Gasteiger partial charge in [-0.15, -0.1) is 0 Å². The number of ketones is 1. The SMILES string of the molecule is CC1=CC(=O)[C@H]2C(C)(C)CCC[C@]2(C)[C@H]1/C=C/c1ccoc1Sc1ccccc1C. The summed E-state index contributed by atoms with van der Waals surface area (Å²) in [5.74, 6) is 0.678. The standard InChI is InChI=1S/C27H32O2S/c1-18-9-6-7-10-23(18)30-25-20(13-16-29-25)11-12-21-19(2)17-22(28)24-26(3,4)14-8-15-27(21,24)5/h6-7,9-13,16-17,21,24H,8,14-15H2,1-5H3/b12-11+/t21-,24-,27+/m0/s1. The summed E-state index contributed by atoms with van der Waals surface area (Å²) in [5.41, 5.74) is 3.56. The van der Waals surface area contributed by atoms with E-state index in [1.807, 2.05) is 12.1 Å². The fourth-order valence-corrected chi connectivity index (χ4v) is 6.86. The van der Waals surface area contributed by atoms with Gasteiger partial charge in [-0.25, -0.2) is 0 Å². The monoisotopic (exact) mass is 420 g/mol. The van der Waals surface area contributed by atoms with Gasteiger partial charge in [0.25, 0.3) is 0 Å². The van der Waals surface area contributed by atoms with Gasteiger partial charge in [0.15, 0.2) is 10.9 Å². The number of allylic oxidation sites excluding steroid dienone is 3. The van der Waals surface area contributed by atoms with Gasteiger partial charge >= 0.3 is 0 Å². The summed E-state index contributed by atoms with van der Waals surface area (Å²) >= 11 is 1.67. The Morgan fingerprint density at radius 2 is 1.87 bits per heavy atom. The maximum Gasteiger partial charge on any atom is 0.172 e. The fourth-order valence-electron chi connectivity index (χ4n) is 5.92. The van der Waals surface area contributed by atoms with Gasteiger partial charge in [-0.05, 0) is 61.3 Å². The van der Waals surface area contributed by atoms with Gasteiger partial charge in [-0.3, -0.25) is 4.79 Å². The van der Waals surface area contributed by atoms with Crippen LogP contribution >= 0.6 is 11.8 Å². The van der Waals surface area contributed by atoms with Gasteiger partial charge in [0, 0.05) is 22.3 Å². The fraction of sp³-hybridized carbons (Fsp3) is 0.444. The zero-order valence-electron chi connectivity index (χ0n) is 18.7. The van der Waals surface area contributed by atoms with Gasteiger partial charge in [0.05, 0.1) is 6.26 Å². The van der Waals surface area contributed by atoms with E-state index >= 15 is 0 Å². The van der Waals surface area contributed by atoms with Crippen molar-refractivity contribution in [2.75, 3.05) is 0 Å². The highest BCUT2D eigenvalue weighted by Crippen LogP contribution is 2.59. The minimum absolute atomic E-state index is 0.0266. The molecule has 0 N–H and O–H groups in total. The van der Waals surface area contributed by atoms with Crippen molar-refractivity contribution >= 4 is 23.6 Å². The van der Waals surface area contributed by atoms with Crippen molar-refractivity contribution in [3.63, 3.8) is 0 Å². The molecule has 0 spiro atoms. The summed E-state index contributed by atoms with van der Waals surface area (Å²) in [6.45, 7) is 11.1. The number of benzene rings is 1. The normalized spacial score (nSPS) is 28.4. The Balaban J connectivity index is 1.64. The first-order valence-corrected chi connectivity index (χ1v) is 11.8. The molecule has 2 aromatic rings. The van der Waals surface area contributed by atoms with E-state index in [1.165, 1.54) is 22.5 Å². The number of carbonyl (C=O) groups excluding carboxylic acids is 1. The third-order valence-corrected chi connectivity index (χ3v) is 8.45. The third kappa shape index (κ3) is 3.73. The highest BCUT2D eigenvalue weighted by atomic mass is 32.2. The number of hydrogen-bond acceptors (Lipinski definition) is 3. The Labute approximate surface area is 184 Å². The molecule has 1 saturated carbocycles. The average Bonchev–Trinajstić information content (AvgIpc) is 3.09. The van der Waals surface area contributed by atoms with Crippen molar-refractivity contribution in [2.24, 2.45) is 22.7 Å². The summed E-state index contributed by atoms with van der Waals surface area (Å²) < 4.78 is 5.82. The highest BCUT2D eigenvalue weighted by Gasteiger charge is 2.54. The second-order valence-electron chi connectivity index (χ2n) is 9.94. The van der Waals surface area contributed by atoms with Gasteiger partial charge < -0.3 is 4.42 Å². The van der Waals surface area contributed by atoms with E-state index in [4.69, 9.17) is 4.42 Å². The van der Waals surface area contributed by atoms with Gasteiger partial charge in [-0.2, -0.15) is 0 Å². The van der Waals surface area contributed by atoms with E-state index in [0.29, 0.717) is 5.78 Å². The highest BCUT2D eigenvalue weighted by molar-refractivity contribution is 7.99. The van der Waals surface area contributed by atoms with Crippen molar-refractivity contribution in [1.29, 1.82) is 0 Å². The molecule has 1 fully saturated rings. The van der Waals surface area contributed by atoms with E-state index in [-0.39, 0.29) is 22.7 Å². The molecule has 1 aromatic carbocycles. The Morgan fingerprint density at radius 3 is 2.63 bits per heavy atom. The molecular formula is C27H32O2S. The van der Waals surface area contributed by atoms with Crippen LogP contribution in [0.1, 0.15) is 58.1 Å². The van der Waals surface area contributed by atoms with Crippen molar-refractivity contribution < 1.29 is 9.21 Å². The first kappa shape index (κ1) is 21.2. The number of rotatable bonds is 4. The Morgan fingerprint density at radius 1 is 1.10 bits per heavy atom. The second-order valence-corrected chi connectivity index (χ2v) is 11.0. The zero-order valence-corrected chi connectivity index (χ0v) is 19.5. The molecule has 0 aliphatic heterocycles. The minimum Gasteiger partial charge on any atom is -0.457 e. The number of carbonyl (C=O) groups is 1. The molecule has 0 amide bonds. The van der Waals surface area contributed by atoms with Crippen LogP contribution in [0.5, 0.6) is 0 Å². The van der Waals surface area contributed by atoms with Gasteiger partial charge in [0.2, 0.25) is 0 Å². The Kier molecular flexibility index (Phi) is 5.61. The predicted molar refractivity (Wildman–Crippen MR) is 125 cm³/mol. The van der Waals surface area contributed by atoms with E-state index in [2.05, 4.69) is 71.0 Å². The van der Waals surface area contributed by atoms with Crippen LogP contribution < -0.4 is 0 Å². The summed E-state index contributed by atoms with van der Waals surface area (Å²) in [7, 11) is 0. The van der Waals surface area contributed by atoms with Crippen molar-refractivity contribution in [2.45, 2.75) is 63.9 Å². The molecule has 0 saturated heterocycles. The van der Waals surface area contributed by atoms with Crippen LogP contribution in [0.4, 0.5) is 0 Å². The Bertz CT molecular complexity index is 1010. The minimum atomic E-state index is -0.0266. The van der Waals surface area contributed by atoms with Crippen LogP contribution in [0.2, 0.25) is 0 Å². The lowest BCUT2D eigenvalue weighted by molar-refractivity contribution is -0.134. The van der Waals surface area contributed by atoms with Gasteiger partial charge in [0.1, 0.15) is 0 Å². The second kappa shape index (κ2) is 7.92. The lowest BCUT2D eigenvalue weighted by Crippen LogP contribution is -2.52. The molecule has 158 valence electrons. The summed E-state index contributed by atoms with van der Waals surface area (Å²) in [4.78, 5) is 14.2. The average molecular weight is 421 g/mol. The Hall–Kier alpha value is -2.00. The molecule has 3 heteroatoms. The quantitative estimate of drug-likeness (QED) is 0.507. The molecule has 2 nitrogen and oxygen atoms in total. The van der Waals surface area contributed by atoms with Crippen LogP contribution in [0.3, 0.4) is 0 Å². The molecule has 0 unspecified atom stereocenters. The molecule has 1 aromatic heterocycles. The van der Waals surface area contributed by atoms with Crippen molar-refractivity contribution in [1.82, 2.24) is 0 Å². The molecule has 0 bridgehead atoms. The first-order chi connectivity index (χ1) is 14.2. The van der Waals surface area contributed by atoms with E-state index in [0.717, 1.165) is 23.5 Å². The summed E-state index contributed by atoms with van der Waals surface area (Å²) in [6, 6.07) is 10.4. The van der Waals surface area contributed by atoms with E-state index in [1.54, 1.807) is 18.0 Å². The van der Waals surface area contributed by atoms with E-state index in [9.17, 15) is 4.79 Å². The number of fused-ring (bicyclic) bond motifs is 1. The molecule has 3 atom stereocenters. The molecule has 1 heterocycles. The number of aryl methyl sites for hydroxylation is 1. The maximum atomic E-state index is 13.0. The van der Waals surface area contributed by atoms with Crippen LogP contribution in [0.25, 0.3) is 6.08 Å². The third-order valence-electron chi connectivity index (χ3n) is 7.26. The largest absolute Gasteiger partial charge is 0.457 e. The van der Waals surface area contributed by atoms with Crippen LogP contribution in [0.15, 0.2) is 68.7 Å². The smallest absolute Gasteiger partial charge is 0.172 e. The number of furan rings is 1. The predicted octanol–water partition coefficient (Wildman–Crippen LogP) is 7.73. The van der Waals surface area contributed by atoms with E-state index < -0.39 is 0 Å². The van der Waals surface area contributed by atoms with Crippen LogP contribution in [-0.4, -0.2) is 5.78 Å². The van der Waals surface area contributed by atoms with Crippen LogP contribution in [0, 0.1) is 29.6 Å². The number of hydrogen-bond donors (Lipinski definition) is 0. The first-order valence-electron chi connectivity index (χ1n) is 10.9. The maximum absolute atomic E-state index is 13.0. The van der Waals surface area contributed by atoms with Crippen molar-refractivity contribution in [3.05, 3.63) is 65.4 Å².